The molecule has 1 unspecified atom stereocenters. The zero-order valence-corrected chi connectivity index (χ0v) is 10.3. The quantitative estimate of drug-likeness (QED) is 0.817. The van der Waals surface area contributed by atoms with Crippen LogP contribution in [0.15, 0.2) is 23.1 Å². The number of aryl methyl sites for hydroxylation is 1. The first kappa shape index (κ1) is 12.3. The minimum absolute atomic E-state index is 0.139. The summed E-state index contributed by atoms with van der Waals surface area (Å²) in [5.74, 6) is -0.295. The number of nitrogens with zero attached hydrogens (tertiary/aromatic N) is 2. The van der Waals surface area contributed by atoms with Crippen molar-refractivity contribution in [1.29, 1.82) is 0 Å². The molecule has 2 heterocycles. The van der Waals surface area contributed by atoms with Gasteiger partial charge in [-0.3, -0.25) is 14.7 Å². The summed E-state index contributed by atoms with van der Waals surface area (Å²) in [5.41, 5.74) is 1.16. The normalized spacial score (nSPS) is 12.6. The Balaban J connectivity index is 2.08. The van der Waals surface area contributed by atoms with Crippen molar-refractivity contribution in [3.63, 3.8) is 0 Å². The summed E-state index contributed by atoms with van der Waals surface area (Å²) in [6.45, 7) is 3.20. The molecule has 0 aliphatic rings. The van der Waals surface area contributed by atoms with E-state index in [0.717, 1.165) is 0 Å². The summed E-state index contributed by atoms with van der Waals surface area (Å²) in [6, 6.07) is 3.23. The molecule has 1 atom stereocenters. The largest absolute Gasteiger partial charge is 0.463 e. The number of aromatic amines is 1. The highest BCUT2D eigenvalue weighted by molar-refractivity contribution is 5.66. The van der Waals surface area contributed by atoms with Crippen LogP contribution in [0.3, 0.4) is 0 Å². The molecule has 2 aromatic heterocycles. The van der Waals surface area contributed by atoms with E-state index < -0.39 is 0 Å². The van der Waals surface area contributed by atoms with E-state index in [0.29, 0.717) is 24.2 Å². The predicted octanol–water partition coefficient (Wildman–Crippen LogP) is 0.907. The summed E-state index contributed by atoms with van der Waals surface area (Å²) in [6.07, 6.45) is 2.74. The number of fused-ring (bicyclic) bond motifs is 1. The first-order valence-corrected chi connectivity index (χ1v) is 5.79. The lowest BCUT2D eigenvalue weighted by Crippen LogP contribution is -2.17. The predicted molar refractivity (Wildman–Crippen MR) is 65.4 cm³/mol. The van der Waals surface area contributed by atoms with Crippen LogP contribution in [0.4, 0.5) is 0 Å². The molecule has 0 bridgehead atoms. The second kappa shape index (κ2) is 5.03. The molecule has 0 saturated carbocycles. The van der Waals surface area contributed by atoms with Crippen LogP contribution in [0.25, 0.3) is 5.65 Å². The third-order valence-electron chi connectivity index (χ3n) is 2.61. The average molecular weight is 249 g/mol. The zero-order chi connectivity index (χ0) is 13.1. The fraction of sp³-hybridized carbons (Fsp3) is 0.417. The lowest BCUT2D eigenvalue weighted by molar-refractivity contribution is -0.145. The summed E-state index contributed by atoms with van der Waals surface area (Å²) >= 11 is 0. The van der Waals surface area contributed by atoms with Gasteiger partial charge in [0, 0.05) is 30.9 Å². The maximum atomic E-state index is 11.7. The first-order chi connectivity index (χ1) is 8.56. The minimum atomic E-state index is -0.295. The summed E-state index contributed by atoms with van der Waals surface area (Å²) in [4.78, 5) is 26.8. The molecule has 1 N–H and O–H groups in total. The second-order valence-corrected chi connectivity index (χ2v) is 4.20. The Morgan fingerprint density at radius 1 is 1.61 bits per heavy atom. The van der Waals surface area contributed by atoms with Crippen molar-refractivity contribution in [3.8, 4) is 0 Å². The molecule has 0 saturated heterocycles. The van der Waals surface area contributed by atoms with Crippen molar-refractivity contribution in [1.82, 2.24) is 14.6 Å². The van der Waals surface area contributed by atoms with Crippen molar-refractivity contribution in [2.24, 2.45) is 0 Å². The van der Waals surface area contributed by atoms with Crippen LogP contribution >= 0.6 is 0 Å². The number of rotatable bonds is 4. The van der Waals surface area contributed by atoms with Gasteiger partial charge in [-0.2, -0.15) is 0 Å². The molecule has 0 fully saturated rings. The maximum absolute atomic E-state index is 11.7. The molecule has 2 rings (SSSR count). The number of carbonyl (C=O) groups excluding carboxylic acids is 1. The number of carbonyl (C=O) groups is 1. The van der Waals surface area contributed by atoms with E-state index in [9.17, 15) is 9.59 Å². The molecule has 18 heavy (non-hydrogen) atoms. The number of hydrogen-bond acceptors (Lipinski definition) is 4. The number of H-pyrrole nitrogens is 1. The molecule has 6 heteroatoms. The Hall–Kier alpha value is -2.11. The van der Waals surface area contributed by atoms with Gasteiger partial charge in [0.25, 0.3) is 5.56 Å². The third-order valence-corrected chi connectivity index (χ3v) is 2.61. The Labute approximate surface area is 104 Å². The van der Waals surface area contributed by atoms with Crippen LogP contribution in [0, 0.1) is 0 Å². The molecule has 2 aromatic rings. The highest BCUT2D eigenvalue weighted by Crippen LogP contribution is 2.05. The van der Waals surface area contributed by atoms with Gasteiger partial charge in [0.2, 0.25) is 0 Å². The summed E-state index contributed by atoms with van der Waals surface area (Å²) in [7, 11) is 0. The van der Waals surface area contributed by atoms with Crippen molar-refractivity contribution in [3.05, 3.63) is 34.4 Å². The topological polar surface area (TPSA) is 76.5 Å². The van der Waals surface area contributed by atoms with Gasteiger partial charge < -0.3 is 4.74 Å². The van der Waals surface area contributed by atoms with E-state index >= 15 is 0 Å². The van der Waals surface area contributed by atoms with Gasteiger partial charge in [-0.05, 0) is 19.8 Å². The SMILES string of the molecule is CC(=O)OC(C)CCc1cc(=O)n2[nH]ccc2n1. The smallest absolute Gasteiger partial charge is 0.302 e. The zero-order valence-electron chi connectivity index (χ0n) is 10.3. The van der Waals surface area contributed by atoms with Crippen molar-refractivity contribution in [2.45, 2.75) is 32.8 Å². The lowest BCUT2D eigenvalue weighted by atomic mass is 10.1. The van der Waals surface area contributed by atoms with Gasteiger partial charge in [-0.1, -0.05) is 0 Å². The van der Waals surface area contributed by atoms with Gasteiger partial charge in [0.15, 0.2) is 5.65 Å². The maximum Gasteiger partial charge on any atom is 0.302 e. The van der Waals surface area contributed by atoms with E-state index in [1.165, 1.54) is 17.5 Å². The molecule has 0 radical (unpaired) electrons. The van der Waals surface area contributed by atoms with Crippen molar-refractivity contribution in [2.75, 3.05) is 0 Å². The van der Waals surface area contributed by atoms with Crippen LogP contribution in [0.5, 0.6) is 0 Å². The van der Waals surface area contributed by atoms with E-state index in [4.69, 9.17) is 4.74 Å². The molecule has 0 amide bonds. The van der Waals surface area contributed by atoms with E-state index in [1.54, 1.807) is 12.3 Å². The van der Waals surface area contributed by atoms with Gasteiger partial charge in [0.1, 0.15) is 0 Å². The van der Waals surface area contributed by atoms with Crippen molar-refractivity contribution >= 4 is 11.6 Å². The Morgan fingerprint density at radius 3 is 3.11 bits per heavy atom. The van der Waals surface area contributed by atoms with Gasteiger partial charge >= 0.3 is 5.97 Å². The molecule has 0 aromatic carbocycles. The summed E-state index contributed by atoms with van der Waals surface area (Å²) in [5, 5.41) is 2.78. The van der Waals surface area contributed by atoms with E-state index in [1.807, 2.05) is 6.92 Å². The van der Waals surface area contributed by atoms with E-state index in [2.05, 4.69) is 10.1 Å². The minimum Gasteiger partial charge on any atom is -0.463 e. The molecule has 6 nitrogen and oxygen atoms in total. The van der Waals surface area contributed by atoms with Gasteiger partial charge in [-0.15, -0.1) is 0 Å². The molecular weight excluding hydrogens is 234 g/mol. The number of hydrogen-bond donors (Lipinski definition) is 1. The van der Waals surface area contributed by atoms with Crippen LogP contribution in [0.1, 0.15) is 26.0 Å². The number of esters is 1. The Bertz CT molecular complexity index is 614. The highest BCUT2D eigenvalue weighted by atomic mass is 16.5. The second-order valence-electron chi connectivity index (χ2n) is 4.20. The standard InChI is InChI=1S/C12H15N3O3/c1-8(18-9(2)16)3-4-10-7-12(17)15-11(14-10)5-6-13-15/h5-8,13H,3-4H2,1-2H3. The van der Waals surface area contributed by atoms with Crippen LogP contribution in [-0.4, -0.2) is 26.7 Å². The molecule has 0 aliphatic heterocycles. The third kappa shape index (κ3) is 2.77. The average Bonchev–Trinajstić information content (AvgIpc) is 2.74. The van der Waals surface area contributed by atoms with Crippen LogP contribution < -0.4 is 5.56 Å². The van der Waals surface area contributed by atoms with Crippen LogP contribution in [0.2, 0.25) is 0 Å². The van der Waals surface area contributed by atoms with Crippen molar-refractivity contribution < 1.29 is 9.53 Å². The number of aromatic nitrogens is 3. The monoisotopic (exact) mass is 249 g/mol. The fourth-order valence-electron chi connectivity index (χ4n) is 1.80. The highest BCUT2D eigenvalue weighted by Gasteiger charge is 2.08. The number of ether oxygens (including phenoxy) is 1. The van der Waals surface area contributed by atoms with Gasteiger partial charge in [0.05, 0.1) is 6.10 Å². The molecular formula is C12H15N3O3. The Morgan fingerprint density at radius 2 is 2.39 bits per heavy atom. The van der Waals surface area contributed by atoms with Gasteiger partial charge in [-0.25, -0.2) is 9.50 Å². The molecule has 0 spiro atoms. The first-order valence-electron chi connectivity index (χ1n) is 5.79. The Kier molecular flexibility index (Phi) is 3.45. The molecule has 96 valence electrons. The number of nitrogens with one attached hydrogen (secondary N) is 1. The fourth-order valence-corrected chi connectivity index (χ4v) is 1.80. The van der Waals surface area contributed by atoms with Crippen LogP contribution in [-0.2, 0) is 16.0 Å². The lowest BCUT2D eigenvalue weighted by Gasteiger charge is -2.10. The van der Waals surface area contributed by atoms with E-state index in [-0.39, 0.29) is 17.6 Å². The summed E-state index contributed by atoms with van der Waals surface area (Å²) < 4.78 is 6.39. The molecule has 0 aliphatic carbocycles.